The maximum absolute atomic E-state index is 12.5. The number of carbonyl (C=O) groups is 5. The summed E-state index contributed by atoms with van der Waals surface area (Å²) in [6, 6.07) is 3.29. The Bertz CT molecular complexity index is 877. The first-order valence-electron chi connectivity index (χ1n) is 9.67. The van der Waals surface area contributed by atoms with E-state index in [0.29, 0.717) is 17.1 Å². The van der Waals surface area contributed by atoms with Crippen LogP contribution in [-0.4, -0.2) is 70.0 Å². The van der Waals surface area contributed by atoms with Crippen molar-refractivity contribution in [2.24, 2.45) is 0 Å². The molecule has 1 heterocycles. The molecule has 11 nitrogen and oxygen atoms in total. The number of rotatable bonds is 5. The Morgan fingerprint density at radius 2 is 1.71 bits per heavy atom. The zero-order chi connectivity index (χ0) is 23.3. The van der Waals surface area contributed by atoms with Crippen LogP contribution in [0.1, 0.15) is 39.3 Å². The van der Waals surface area contributed by atoms with Gasteiger partial charge in [-0.3, -0.25) is 19.8 Å². The van der Waals surface area contributed by atoms with E-state index in [1.807, 2.05) is 0 Å². The second-order valence-electron chi connectivity index (χ2n) is 7.81. The SMILES string of the molecule is CCN1CCN(C(=O)N[C@H](C(=O)O)c2ccc(NC(=O)OC(C)(C)C)cc2)C(=O)C1=O. The van der Waals surface area contributed by atoms with Crippen LogP contribution in [0.15, 0.2) is 24.3 Å². The van der Waals surface area contributed by atoms with E-state index >= 15 is 0 Å². The number of hydrogen-bond acceptors (Lipinski definition) is 6. The average molecular weight is 434 g/mol. The molecule has 0 saturated carbocycles. The summed E-state index contributed by atoms with van der Waals surface area (Å²) in [5, 5.41) is 14.3. The second kappa shape index (κ2) is 9.45. The van der Waals surface area contributed by atoms with Crippen LogP contribution in [0, 0.1) is 0 Å². The Morgan fingerprint density at radius 1 is 1.10 bits per heavy atom. The normalized spacial score (nSPS) is 15.4. The summed E-state index contributed by atoms with van der Waals surface area (Å²) in [7, 11) is 0. The van der Waals surface area contributed by atoms with Crippen molar-refractivity contribution in [3.8, 4) is 0 Å². The molecule has 0 aromatic heterocycles. The molecule has 1 aliphatic rings. The molecule has 1 fully saturated rings. The number of likely N-dealkylation sites (N-methyl/N-ethyl adjacent to an activating group) is 1. The van der Waals surface area contributed by atoms with Gasteiger partial charge in [0.1, 0.15) is 5.60 Å². The maximum Gasteiger partial charge on any atom is 0.412 e. The Hall–Kier alpha value is -3.63. The Labute approximate surface area is 179 Å². The standard InChI is InChI=1S/C20H26N4O7/c1-5-23-10-11-24(16(26)15(23)25)18(29)22-14(17(27)28)12-6-8-13(9-7-12)21-19(30)31-20(2,3)4/h6-9,14H,5,10-11H2,1-4H3,(H,21,30)(H,22,29)(H,27,28)/t14-/m0/s1. The number of amides is 5. The molecule has 0 radical (unpaired) electrons. The number of benzene rings is 1. The smallest absolute Gasteiger partial charge is 0.412 e. The van der Waals surface area contributed by atoms with Gasteiger partial charge in [0.15, 0.2) is 6.04 Å². The molecule has 31 heavy (non-hydrogen) atoms. The molecular formula is C20H26N4O7. The highest BCUT2D eigenvalue weighted by Gasteiger charge is 2.37. The molecule has 0 spiro atoms. The zero-order valence-electron chi connectivity index (χ0n) is 17.8. The molecule has 1 atom stereocenters. The number of anilines is 1. The van der Waals surface area contributed by atoms with Crippen LogP contribution in [0.25, 0.3) is 0 Å². The van der Waals surface area contributed by atoms with Gasteiger partial charge in [-0.2, -0.15) is 0 Å². The van der Waals surface area contributed by atoms with Gasteiger partial charge >= 0.3 is 29.9 Å². The number of hydrogen-bond donors (Lipinski definition) is 3. The van der Waals surface area contributed by atoms with Gasteiger partial charge in [0.05, 0.1) is 0 Å². The highest BCUT2D eigenvalue weighted by atomic mass is 16.6. The third-order valence-corrected chi connectivity index (χ3v) is 4.34. The van der Waals surface area contributed by atoms with Gasteiger partial charge in [-0.05, 0) is 45.4 Å². The zero-order valence-corrected chi connectivity index (χ0v) is 17.8. The van der Waals surface area contributed by atoms with Crippen LogP contribution in [0.4, 0.5) is 15.3 Å². The van der Waals surface area contributed by atoms with Gasteiger partial charge in [-0.1, -0.05) is 12.1 Å². The van der Waals surface area contributed by atoms with Crippen molar-refractivity contribution in [2.45, 2.75) is 39.3 Å². The lowest BCUT2D eigenvalue weighted by atomic mass is 10.1. The fourth-order valence-corrected chi connectivity index (χ4v) is 2.84. The molecule has 5 amide bonds. The molecule has 11 heteroatoms. The summed E-state index contributed by atoms with van der Waals surface area (Å²) in [6.45, 7) is 7.35. The number of nitrogens with zero attached hydrogens (tertiary/aromatic N) is 2. The minimum Gasteiger partial charge on any atom is -0.479 e. The van der Waals surface area contributed by atoms with Gasteiger partial charge in [0.25, 0.3) is 0 Å². The number of nitrogens with one attached hydrogen (secondary N) is 2. The van der Waals surface area contributed by atoms with Crippen LogP contribution in [-0.2, 0) is 19.1 Å². The van der Waals surface area contributed by atoms with Crippen molar-refractivity contribution in [3.63, 3.8) is 0 Å². The largest absolute Gasteiger partial charge is 0.479 e. The Morgan fingerprint density at radius 3 is 2.23 bits per heavy atom. The number of carbonyl (C=O) groups excluding carboxylic acids is 4. The quantitative estimate of drug-likeness (QED) is 0.596. The van der Waals surface area contributed by atoms with Crippen LogP contribution < -0.4 is 10.6 Å². The number of imide groups is 1. The van der Waals surface area contributed by atoms with E-state index in [1.165, 1.54) is 29.2 Å². The minimum absolute atomic E-state index is 0.0324. The molecule has 3 N–H and O–H groups in total. The van der Waals surface area contributed by atoms with E-state index in [1.54, 1.807) is 27.7 Å². The van der Waals surface area contributed by atoms with Crippen molar-refractivity contribution >= 4 is 35.6 Å². The molecule has 1 aromatic carbocycles. The highest BCUT2D eigenvalue weighted by molar-refractivity contribution is 6.38. The van der Waals surface area contributed by atoms with E-state index in [2.05, 4.69) is 10.6 Å². The van der Waals surface area contributed by atoms with Crippen molar-refractivity contribution in [2.75, 3.05) is 25.0 Å². The molecule has 1 aliphatic heterocycles. The van der Waals surface area contributed by atoms with E-state index in [4.69, 9.17) is 4.74 Å². The molecule has 2 rings (SSSR count). The summed E-state index contributed by atoms with van der Waals surface area (Å²) >= 11 is 0. The molecule has 0 aliphatic carbocycles. The average Bonchev–Trinajstić information content (AvgIpc) is 2.67. The summed E-state index contributed by atoms with van der Waals surface area (Å²) in [4.78, 5) is 62.1. The minimum atomic E-state index is -1.46. The fourth-order valence-electron chi connectivity index (χ4n) is 2.84. The van der Waals surface area contributed by atoms with Gasteiger partial charge in [0, 0.05) is 25.3 Å². The maximum atomic E-state index is 12.5. The lowest BCUT2D eigenvalue weighted by molar-refractivity contribution is -0.153. The van der Waals surface area contributed by atoms with Crippen molar-refractivity contribution in [1.29, 1.82) is 0 Å². The molecule has 1 saturated heterocycles. The first-order valence-corrected chi connectivity index (χ1v) is 9.67. The highest BCUT2D eigenvalue weighted by Crippen LogP contribution is 2.19. The van der Waals surface area contributed by atoms with Gasteiger partial charge in [0.2, 0.25) is 0 Å². The van der Waals surface area contributed by atoms with Crippen LogP contribution in [0.5, 0.6) is 0 Å². The molecular weight excluding hydrogens is 408 g/mol. The second-order valence-corrected chi connectivity index (χ2v) is 7.81. The fraction of sp³-hybridized carbons (Fsp3) is 0.450. The van der Waals surface area contributed by atoms with E-state index in [0.717, 1.165) is 0 Å². The van der Waals surface area contributed by atoms with Crippen molar-refractivity contribution in [1.82, 2.24) is 15.1 Å². The number of carboxylic acids is 1. The first-order chi connectivity index (χ1) is 14.4. The number of aliphatic carboxylic acids is 1. The van der Waals surface area contributed by atoms with Gasteiger partial charge < -0.3 is 20.1 Å². The topological polar surface area (TPSA) is 145 Å². The van der Waals surface area contributed by atoms with E-state index in [9.17, 15) is 29.1 Å². The summed E-state index contributed by atoms with van der Waals surface area (Å²) < 4.78 is 5.14. The number of piperazine rings is 1. The summed E-state index contributed by atoms with van der Waals surface area (Å²) in [5.41, 5.74) is -0.101. The first kappa shape index (κ1) is 23.6. The van der Waals surface area contributed by atoms with Gasteiger partial charge in [-0.15, -0.1) is 0 Å². The third-order valence-electron chi connectivity index (χ3n) is 4.34. The monoisotopic (exact) mass is 434 g/mol. The molecule has 0 bridgehead atoms. The third kappa shape index (κ3) is 6.17. The van der Waals surface area contributed by atoms with Gasteiger partial charge in [-0.25, -0.2) is 14.4 Å². The number of urea groups is 1. The van der Waals surface area contributed by atoms with Crippen LogP contribution in [0.2, 0.25) is 0 Å². The van der Waals surface area contributed by atoms with Crippen molar-refractivity contribution in [3.05, 3.63) is 29.8 Å². The summed E-state index contributed by atoms with van der Waals surface area (Å²) in [6.07, 6.45) is -0.669. The van der Waals surface area contributed by atoms with Crippen LogP contribution >= 0.6 is 0 Å². The lowest BCUT2D eigenvalue weighted by Gasteiger charge is -2.32. The molecule has 0 unspecified atom stereocenters. The molecule has 1 aromatic rings. The predicted molar refractivity (Wildman–Crippen MR) is 109 cm³/mol. The molecule has 168 valence electrons. The Balaban J connectivity index is 2.08. The number of carboxylic acid groups (broad SMARTS) is 1. The Kier molecular flexibility index (Phi) is 7.21. The number of ether oxygens (including phenoxy) is 1. The van der Waals surface area contributed by atoms with Crippen molar-refractivity contribution < 1.29 is 33.8 Å². The van der Waals surface area contributed by atoms with Crippen LogP contribution in [0.3, 0.4) is 0 Å². The van der Waals surface area contributed by atoms with E-state index < -0.39 is 41.6 Å². The van der Waals surface area contributed by atoms with E-state index in [-0.39, 0.29) is 18.7 Å². The lowest BCUT2D eigenvalue weighted by Crippen LogP contribution is -2.58. The summed E-state index contributed by atoms with van der Waals surface area (Å²) in [5.74, 6) is -3.17. The predicted octanol–water partition coefficient (Wildman–Crippen LogP) is 1.56.